The van der Waals surface area contributed by atoms with Crippen molar-refractivity contribution in [2.24, 2.45) is 0 Å². The highest BCUT2D eigenvalue weighted by molar-refractivity contribution is 9.10. The van der Waals surface area contributed by atoms with Gasteiger partial charge >= 0.3 is 0 Å². The molecular weight excluding hydrogens is 326 g/mol. The van der Waals surface area contributed by atoms with Crippen molar-refractivity contribution in [2.45, 2.75) is 6.04 Å². The van der Waals surface area contributed by atoms with Gasteiger partial charge < -0.3 is 10.2 Å². The quantitative estimate of drug-likeness (QED) is 0.658. The van der Waals surface area contributed by atoms with E-state index in [1.54, 1.807) is 0 Å². The summed E-state index contributed by atoms with van der Waals surface area (Å²) >= 11 is 3.31. The molecule has 2 heterocycles. The van der Waals surface area contributed by atoms with E-state index in [0.717, 1.165) is 26.2 Å². The Morgan fingerprint density at radius 1 is 1.55 bits per heavy atom. The molecule has 0 bridgehead atoms. The first-order valence-electron chi connectivity index (χ1n) is 6.40. The summed E-state index contributed by atoms with van der Waals surface area (Å²) in [7, 11) is 4.22. The molecule has 1 fully saturated rings. The molecule has 110 valence electrons. The zero-order valence-corrected chi connectivity index (χ0v) is 13.1. The summed E-state index contributed by atoms with van der Waals surface area (Å²) in [6.07, 6.45) is 1.27. The third-order valence-electron chi connectivity index (χ3n) is 3.52. The smallest absolute Gasteiger partial charge is 0.288 e. The molecule has 1 aliphatic rings. The molecule has 1 saturated heterocycles. The normalized spacial score (nSPS) is 20.9. The number of hydrogen-bond acceptors (Lipinski definition) is 6. The number of anilines is 1. The van der Waals surface area contributed by atoms with Crippen molar-refractivity contribution in [1.29, 1.82) is 0 Å². The van der Waals surface area contributed by atoms with Gasteiger partial charge in [0.2, 0.25) is 0 Å². The summed E-state index contributed by atoms with van der Waals surface area (Å²) < 4.78 is 0.610. The zero-order chi connectivity index (χ0) is 14.7. The Bertz CT molecular complexity index is 499. The van der Waals surface area contributed by atoms with Crippen LogP contribution in [0.5, 0.6) is 0 Å². The SMILES string of the molecule is CN1CCN(C)C(CNc2ncc([N+](=O)[O-])cc2Br)C1. The number of aromatic nitrogens is 1. The van der Waals surface area contributed by atoms with Crippen LogP contribution in [0.1, 0.15) is 0 Å². The number of nitrogens with one attached hydrogen (secondary N) is 1. The van der Waals surface area contributed by atoms with Crippen LogP contribution in [0, 0.1) is 10.1 Å². The summed E-state index contributed by atoms with van der Waals surface area (Å²) in [5, 5.41) is 13.9. The van der Waals surface area contributed by atoms with E-state index in [1.807, 2.05) is 0 Å². The lowest BCUT2D eigenvalue weighted by Crippen LogP contribution is -2.52. The number of nitrogens with zero attached hydrogens (tertiary/aromatic N) is 4. The monoisotopic (exact) mass is 343 g/mol. The molecule has 1 aliphatic heterocycles. The number of rotatable bonds is 4. The van der Waals surface area contributed by atoms with Crippen molar-refractivity contribution >= 4 is 27.4 Å². The van der Waals surface area contributed by atoms with Gasteiger partial charge in [0.15, 0.2) is 0 Å². The molecule has 20 heavy (non-hydrogen) atoms. The minimum atomic E-state index is -0.453. The van der Waals surface area contributed by atoms with Gasteiger partial charge in [-0.25, -0.2) is 4.98 Å². The second-order valence-corrected chi connectivity index (χ2v) is 5.91. The largest absolute Gasteiger partial charge is 0.368 e. The van der Waals surface area contributed by atoms with Crippen LogP contribution in [0.4, 0.5) is 11.5 Å². The number of likely N-dealkylation sites (N-methyl/N-ethyl adjacent to an activating group) is 2. The molecule has 1 unspecified atom stereocenters. The summed E-state index contributed by atoms with van der Waals surface area (Å²) in [4.78, 5) is 18.9. The van der Waals surface area contributed by atoms with Crippen LogP contribution in [-0.4, -0.2) is 66.0 Å². The first kappa shape index (κ1) is 15.1. The van der Waals surface area contributed by atoms with Crippen LogP contribution in [0.2, 0.25) is 0 Å². The maximum Gasteiger partial charge on any atom is 0.288 e. The topological polar surface area (TPSA) is 74.5 Å². The van der Waals surface area contributed by atoms with E-state index in [0.29, 0.717) is 16.3 Å². The third-order valence-corrected chi connectivity index (χ3v) is 4.13. The molecule has 0 saturated carbocycles. The fourth-order valence-electron chi connectivity index (χ4n) is 2.19. The molecule has 1 aromatic heterocycles. The van der Waals surface area contributed by atoms with Crippen LogP contribution < -0.4 is 5.32 Å². The molecule has 0 spiro atoms. The van der Waals surface area contributed by atoms with Crippen molar-refractivity contribution < 1.29 is 4.92 Å². The van der Waals surface area contributed by atoms with E-state index in [2.05, 4.69) is 50.1 Å². The van der Waals surface area contributed by atoms with Gasteiger partial charge in [-0.05, 0) is 30.0 Å². The van der Waals surface area contributed by atoms with E-state index in [4.69, 9.17) is 0 Å². The Morgan fingerprint density at radius 3 is 2.95 bits per heavy atom. The average Bonchev–Trinajstić information content (AvgIpc) is 2.40. The molecule has 0 amide bonds. The molecule has 1 N–H and O–H groups in total. The van der Waals surface area contributed by atoms with Gasteiger partial charge in [0, 0.05) is 38.3 Å². The lowest BCUT2D eigenvalue weighted by molar-refractivity contribution is -0.385. The number of piperazine rings is 1. The first-order valence-corrected chi connectivity index (χ1v) is 7.19. The summed E-state index contributed by atoms with van der Waals surface area (Å²) in [6.45, 7) is 3.86. The summed E-state index contributed by atoms with van der Waals surface area (Å²) in [5.41, 5.74) is -0.0167. The minimum Gasteiger partial charge on any atom is -0.368 e. The number of nitro groups is 1. The van der Waals surface area contributed by atoms with Crippen LogP contribution in [-0.2, 0) is 0 Å². The van der Waals surface area contributed by atoms with Crippen molar-refractivity contribution in [2.75, 3.05) is 45.6 Å². The van der Waals surface area contributed by atoms with E-state index < -0.39 is 4.92 Å². The Labute approximate surface area is 126 Å². The second-order valence-electron chi connectivity index (χ2n) is 5.06. The maximum absolute atomic E-state index is 10.7. The molecule has 1 atom stereocenters. The molecule has 1 aromatic rings. The zero-order valence-electron chi connectivity index (χ0n) is 11.5. The van der Waals surface area contributed by atoms with Gasteiger partial charge in [-0.15, -0.1) is 0 Å². The number of pyridine rings is 1. The van der Waals surface area contributed by atoms with E-state index in [9.17, 15) is 10.1 Å². The molecule has 8 heteroatoms. The van der Waals surface area contributed by atoms with Crippen LogP contribution >= 0.6 is 15.9 Å². The molecule has 2 rings (SSSR count). The Hall–Kier alpha value is -1.25. The standard InChI is InChI=1S/C12H18BrN5O2/c1-16-3-4-17(2)10(8-16)7-15-12-11(13)5-9(6-14-12)18(19)20/h5-6,10H,3-4,7-8H2,1-2H3,(H,14,15). The van der Waals surface area contributed by atoms with Crippen molar-refractivity contribution in [3.63, 3.8) is 0 Å². The van der Waals surface area contributed by atoms with Crippen molar-refractivity contribution in [3.05, 3.63) is 26.9 Å². The molecule has 0 aromatic carbocycles. The van der Waals surface area contributed by atoms with E-state index in [1.165, 1.54) is 12.3 Å². The minimum absolute atomic E-state index is 0.0167. The summed E-state index contributed by atoms with van der Waals surface area (Å²) in [6, 6.07) is 1.86. The highest BCUT2D eigenvalue weighted by Gasteiger charge is 2.22. The van der Waals surface area contributed by atoms with Gasteiger partial charge in [0.25, 0.3) is 5.69 Å². The molecular formula is C12H18BrN5O2. The lowest BCUT2D eigenvalue weighted by atomic mass is 10.2. The van der Waals surface area contributed by atoms with Crippen LogP contribution in [0.15, 0.2) is 16.7 Å². The van der Waals surface area contributed by atoms with Gasteiger partial charge in [-0.1, -0.05) is 0 Å². The average molecular weight is 344 g/mol. The van der Waals surface area contributed by atoms with Crippen LogP contribution in [0.25, 0.3) is 0 Å². The first-order chi connectivity index (χ1) is 9.47. The van der Waals surface area contributed by atoms with Gasteiger partial charge in [0.05, 0.1) is 9.40 Å². The predicted octanol–water partition coefficient (Wildman–Crippen LogP) is 1.41. The van der Waals surface area contributed by atoms with Gasteiger partial charge in [-0.3, -0.25) is 15.0 Å². The van der Waals surface area contributed by atoms with E-state index >= 15 is 0 Å². The Kier molecular flexibility index (Phi) is 4.90. The molecule has 0 aliphatic carbocycles. The lowest BCUT2D eigenvalue weighted by Gasteiger charge is -2.37. The van der Waals surface area contributed by atoms with E-state index in [-0.39, 0.29) is 5.69 Å². The highest BCUT2D eigenvalue weighted by atomic mass is 79.9. The second kappa shape index (κ2) is 6.47. The van der Waals surface area contributed by atoms with Gasteiger partial charge in [0.1, 0.15) is 12.0 Å². The fraction of sp³-hybridized carbons (Fsp3) is 0.583. The van der Waals surface area contributed by atoms with Crippen molar-refractivity contribution in [1.82, 2.24) is 14.8 Å². The molecule has 0 radical (unpaired) electrons. The van der Waals surface area contributed by atoms with Crippen LogP contribution in [0.3, 0.4) is 0 Å². The predicted molar refractivity (Wildman–Crippen MR) is 81.0 cm³/mol. The molecule has 7 nitrogen and oxygen atoms in total. The summed E-state index contributed by atoms with van der Waals surface area (Å²) in [5.74, 6) is 0.636. The highest BCUT2D eigenvalue weighted by Crippen LogP contribution is 2.24. The van der Waals surface area contributed by atoms with Crippen molar-refractivity contribution in [3.8, 4) is 0 Å². The fourth-order valence-corrected chi connectivity index (χ4v) is 2.67. The van der Waals surface area contributed by atoms with Gasteiger partial charge in [-0.2, -0.15) is 0 Å². The maximum atomic E-state index is 10.7. The Morgan fingerprint density at radius 2 is 2.30 bits per heavy atom. The number of hydrogen-bond donors (Lipinski definition) is 1. The Balaban J connectivity index is 1.98. The number of halogens is 1. The third kappa shape index (κ3) is 3.65.